The number of thiophene rings is 1. The average Bonchev–Trinajstić information content (AvgIpc) is 3.45. The number of nitrogens with one attached hydrogen (secondary N) is 1. The van der Waals surface area contributed by atoms with Gasteiger partial charge in [-0.1, -0.05) is 41.6 Å². The zero-order valence-electron chi connectivity index (χ0n) is 15.8. The maximum Gasteiger partial charge on any atom is 0.271 e. The topological polar surface area (TPSA) is 84.6 Å². The monoisotopic (exact) mass is 435 g/mol. The third-order valence-electron chi connectivity index (χ3n) is 4.85. The molecule has 6 nitrogen and oxygen atoms in total. The smallest absolute Gasteiger partial charge is 0.271 e. The van der Waals surface area contributed by atoms with Crippen LogP contribution in [0.25, 0.3) is 10.6 Å². The number of rotatable bonds is 5. The van der Waals surface area contributed by atoms with E-state index in [4.69, 9.17) is 9.52 Å². The molecule has 1 N–H and O–H groups in total. The minimum atomic E-state index is -3.72. The third kappa shape index (κ3) is 3.55. The molecule has 150 valence electrons. The minimum Gasteiger partial charge on any atom is -0.364 e. The van der Waals surface area contributed by atoms with Crippen LogP contribution in [0, 0.1) is 0 Å². The predicted molar refractivity (Wildman–Crippen MR) is 118 cm³/mol. The third-order valence-corrected chi connectivity index (χ3v) is 7.83. The lowest BCUT2D eigenvalue weighted by atomic mass is 9.93. The highest BCUT2D eigenvalue weighted by Gasteiger charge is 2.20. The number of hydrogen-bond donors (Lipinski definition) is 1. The van der Waals surface area contributed by atoms with Crippen LogP contribution in [0.1, 0.15) is 16.7 Å². The van der Waals surface area contributed by atoms with Gasteiger partial charge in [0, 0.05) is 29.4 Å². The highest BCUT2D eigenvalue weighted by atomic mass is 32.2. The van der Waals surface area contributed by atoms with Crippen LogP contribution < -0.4 is 4.72 Å². The van der Waals surface area contributed by atoms with Crippen LogP contribution >= 0.6 is 11.3 Å². The van der Waals surface area contributed by atoms with E-state index in [2.05, 4.69) is 22.0 Å². The summed E-state index contributed by atoms with van der Waals surface area (Å²) >= 11 is 1.14. The molecule has 8 heteroatoms. The molecule has 0 spiro atoms. The highest BCUT2D eigenvalue weighted by molar-refractivity contribution is 7.94. The van der Waals surface area contributed by atoms with Crippen LogP contribution in [-0.4, -0.2) is 25.8 Å². The zero-order valence-corrected chi connectivity index (χ0v) is 17.4. The average molecular weight is 436 g/mol. The number of aromatic nitrogens is 1. The molecule has 30 heavy (non-hydrogen) atoms. The molecule has 2 aromatic carbocycles. The number of fused-ring (bicyclic) bond motifs is 1. The Hall–Kier alpha value is -3.23. The quantitative estimate of drug-likeness (QED) is 0.497. The Labute approximate surface area is 178 Å². The summed E-state index contributed by atoms with van der Waals surface area (Å²) < 4.78 is 33.5. The first-order chi connectivity index (χ1) is 14.6. The van der Waals surface area contributed by atoms with Crippen molar-refractivity contribution in [2.45, 2.75) is 10.6 Å². The molecule has 1 aliphatic rings. The number of aliphatic imine (C=N–C) groups is 1. The maximum absolute atomic E-state index is 12.9. The summed E-state index contributed by atoms with van der Waals surface area (Å²) in [4.78, 5) is 5.42. The van der Waals surface area contributed by atoms with Crippen LogP contribution in [0.2, 0.25) is 0 Å². The van der Waals surface area contributed by atoms with Gasteiger partial charge in [-0.3, -0.25) is 9.71 Å². The van der Waals surface area contributed by atoms with Gasteiger partial charge in [0.05, 0.1) is 10.6 Å². The molecule has 0 saturated carbocycles. The molecule has 1 aliphatic heterocycles. The summed E-state index contributed by atoms with van der Waals surface area (Å²) in [7, 11) is -3.72. The normalized spacial score (nSPS) is 13.5. The first-order valence-electron chi connectivity index (χ1n) is 9.37. The Morgan fingerprint density at radius 1 is 1.00 bits per heavy atom. The van der Waals surface area contributed by atoms with Crippen molar-refractivity contribution in [2.75, 3.05) is 11.3 Å². The van der Waals surface area contributed by atoms with E-state index in [9.17, 15) is 8.42 Å². The SMILES string of the molecule is O=S(=O)(Nc1cccc(C2=NCCc3ccccc32)c1)c1ccc(-c2ccon2)s1. The van der Waals surface area contributed by atoms with Gasteiger partial charge in [0.2, 0.25) is 0 Å². The Kier molecular flexibility index (Phi) is 4.72. The fourth-order valence-electron chi connectivity index (χ4n) is 3.47. The zero-order chi connectivity index (χ0) is 20.6. The fraction of sp³-hybridized carbons (Fsp3) is 0.0909. The lowest BCUT2D eigenvalue weighted by Crippen LogP contribution is -2.15. The van der Waals surface area contributed by atoms with Gasteiger partial charge in [-0.25, -0.2) is 8.42 Å². The molecule has 5 rings (SSSR count). The van der Waals surface area contributed by atoms with Gasteiger partial charge in [0.1, 0.15) is 16.2 Å². The van der Waals surface area contributed by atoms with Crippen LogP contribution in [0.15, 0.2) is 86.7 Å². The Balaban J connectivity index is 1.43. The van der Waals surface area contributed by atoms with Crippen molar-refractivity contribution in [1.29, 1.82) is 0 Å². The van der Waals surface area contributed by atoms with Crippen molar-refractivity contribution < 1.29 is 12.9 Å². The first kappa shape index (κ1) is 18.8. The molecule has 0 amide bonds. The molecule has 2 aromatic heterocycles. The second kappa shape index (κ2) is 7.55. The van der Waals surface area contributed by atoms with E-state index in [1.807, 2.05) is 30.3 Å². The molecule has 3 heterocycles. The summed E-state index contributed by atoms with van der Waals surface area (Å²) in [6, 6.07) is 20.5. The molecule has 0 radical (unpaired) electrons. The summed E-state index contributed by atoms with van der Waals surface area (Å²) in [5, 5.41) is 3.85. The standard InChI is InChI=1S/C22H17N3O3S2/c26-30(27,21-9-8-20(29-21)19-11-13-28-24-19)25-17-6-3-5-16(14-17)22-18-7-2-1-4-15(18)10-12-23-22/h1-9,11,13-14,25H,10,12H2. The first-order valence-corrected chi connectivity index (χ1v) is 11.7. The van der Waals surface area contributed by atoms with Gasteiger partial charge in [-0.15, -0.1) is 11.3 Å². The van der Waals surface area contributed by atoms with Crippen molar-refractivity contribution in [3.05, 3.63) is 89.7 Å². The van der Waals surface area contributed by atoms with E-state index in [1.165, 1.54) is 11.8 Å². The molecule has 0 bridgehead atoms. The largest absolute Gasteiger partial charge is 0.364 e. The molecule has 0 atom stereocenters. The Morgan fingerprint density at radius 3 is 2.77 bits per heavy atom. The van der Waals surface area contributed by atoms with Crippen molar-refractivity contribution >= 4 is 32.8 Å². The lowest BCUT2D eigenvalue weighted by Gasteiger charge is -2.17. The summed E-state index contributed by atoms with van der Waals surface area (Å²) in [5.74, 6) is 0. The molecule has 4 aromatic rings. The Morgan fingerprint density at radius 2 is 1.90 bits per heavy atom. The predicted octanol–water partition coefficient (Wildman–Crippen LogP) is 4.60. The van der Waals surface area contributed by atoms with Crippen LogP contribution in [0.5, 0.6) is 0 Å². The number of anilines is 1. The highest BCUT2D eigenvalue weighted by Crippen LogP contribution is 2.31. The molecule has 0 unspecified atom stereocenters. The second-order valence-electron chi connectivity index (χ2n) is 6.83. The van der Waals surface area contributed by atoms with E-state index in [1.54, 1.807) is 24.3 Å². The van der Waals surface area contributed by atoms with Gasteiger partial charge >= 0.3 is 0 Å². The van der Waals surface area contributed by atoms with E-state index in [0.29, 0.717) is 11.4 Å². The van der Waals surface area contributed by atoms with E-state index in [0.717, 1.165) is 46.0 Å². The molecular weight excluding hydrogens is 418 g/mol. The number of benzene rings is 2. The van der Waals surface area contributed by atoms with Gasteiger partial charge in [0.25, 0.3) is 10.0 Å². The minimum absolute atomic E-state index is 0.214. The van der Waals surface area contributed by atoms with Crippen LogP contribution in [0.4, 0.5) is 5.69 Å². The van der Waals surface area contributed by atoms with Crippen LogP contribution in [-0.2, 0) is 16.4 Å². The maximum atomic E-state index is 12.9. The molecular formula is C22H17N3O3S2. The van der Waals surface area contributed by atoms with E-state index < -0.39 is 10.0 Å². The van der Waals surface area contributed by atoms with Crippen molar-refractivity contribution in [2.24, 2.45) is 4.99 Å². The summed E-state index contributed by atoms with van der Waals surface area (Å²) in [6.45, 7) is 0.725. The molecule has 0 fully saturated rings. The van der Waals surface area contributed by atoms with Gasteiger partial charge in [0.15, 0.2) is 0 Å². The van der Waals surface area contributed by atoms with E-state index in [-0.39, 0.29) is 4.21 Å². The lowest BCUT2D eigenvalue weighted by molar-refractivity contribution is 0.422. The fourth-order valence-corrected chi connectivity index (χ4v) is 5.78. The van der Waals surface area contributed by atoms with Crippen molar-refractivity contribution in [3.8, 4) is 10.6 Å². The summed E-state index contributed by atoms with van der Waals surface area (Å²) in [6.07, 6.45) is 2.37. The number of hydrogen-bond acceptors (Lipinski definition) is 6. The van der Waals surface area contributed by atoms with Crippen molar-refractivity contribution in [1.82, 2.24) is 5.16 Å². The summed E-state index contributed by atoms with van der Waals surface area (Å²) in [5.41, 5.74) is 5.23. The van der Waals surface area contributed by atoms with E-state index >= 15 is 0 Å². The molecule has 0 saturated heterocycles. The second-order valence-corrected chi connectivity index (χ2v) is 9.82. The van der Waals surface area contributed by atoms with Crippen molar-refractivity contribution in [3.63, 3.8) is 0 Å². The number of sulfonamides is 1. The number of nitrogens with zero attached hydrogens (tertiary/aromatic N) is 2. The van der Waals surface area contributed by atoms with Gasteiger partial charge < -0.3 is 4.52 Å². The molecule has 0 aliphatic carbocycles. The van der Waals surface area contributed by atoms with Crippen LogP contribution in [0.3, 0.4) is 0 Å². The van der Waals surface area contributed by atoms with Gasteiger partial charge in [-0.05, 0) is 36.2 Å². The Bertz CT molecular complexity index is 1340. The van der Waals surface area contributed by atoms with Gasteiger partial charge in [-0.2, -0.15) is 0 Å².